The van der Waals surface area contributed by atoms with Gasteiger partial charge in [-0.25, -0.2) is 0 Å². The smallest absolute Gasteiger partial charge is 0.308 e. The molecule has 0 spiro atoms. The fourth-order valence-electron chi connectivity index (χ4n) is 1.50. The van der Waals surface area contributed by atoms with E-state index in [1.165, 1.54) is 6.92 Å². The zero-order valence-corrected chi connectivity index (χ0v) is 9.51. The predicted molar refractivity (Wildman–Crippen MR) is 66.9 cm³/mol. The summed E-state index contributed by atoms with van der Waals surface area (Å²) >= 11 is 0. The molecule has 0 saturated carbocycles. The highest BCUT2D eigenvalue weighted by molar-refractivity contribution is 5.84. The molecule has 1 N–H and O–H groups in total. The van der Waals surface area contributed by atoms with E-state index in [0.717, 1.165) is 11.1 Å². The molecular weight excluding hydrogens is 214 g/mol. The standard InChI is InChI=1S/C14H13NO2/c1-11(16)17-14(13-7-8-15-10-13)9-12-5-3-2-4-6-12/h2-10,15H,1H3. The molecule has 2 rings (SSSR count). The maximum atomic E-state index is 11.1. The number of aromatic nitrogens is 1. The van der Waals surface area contributed by atoms with Crippen LogP contribution in [0.15, 0.2) is 48.8 Å². The Morgan fingerprint density at radius 1 is 1.24 bits per heavy atom. The Morgan fingerprint density at radius 3 is 2.59 bits per heavy atom. The molecule has 1 heterocycles. The lowest BCUT2D eigenvalue weighted by Crippen LogP contribution is -1.97. The van der Waals surface area contributed by atoms with Crippen molar-refractivity contribution < 1.29 is 9.53 Å². The summed E-state index contributed by atoms with van der Waals surface area (Å²) in [6.07, 6.45) is 5.42. The lowest BCUT2D eigenvalue weighted by Gasteiger charge is -2.05. The monoisotopic (exact) mass is 227 g/mol. The quantitative estimate of drug-likeness (QED) is 0.646. The zero-order chi connectivity index (χ0) is 12.1. The molecule has 0 saturated heterocycles. The summed E-state index contributed by atoms with van der Waals surface area (Å²) in [6, 6.07) is 11.6. The number of aromatic amines is 1. The van der Waals surface area contributed by atoms with Crippen molar-refractivity contribution in [3.63, 3.8) is 0 Å². The summed E-state index contributed by atoms with van der Waals surface area (Å²) in [5.41, 5.74) is 1.84. The molecule has 0 aliphatic rings. The van der Waals surface area contributed by atoms with Crippen LogP contribution in [-0.2, 0) is 9.53 Å². The first-order valence-corrected chi connectivity index (χ1v) is 5.34. The van der Waals surface area contributed by atoms with Crippen LogP contribution < -0.4 is 0 Å². The number of benzene rings is 1. The average molecular weight is 227 g/mol. The van der Waals surface area contributed by atoms with Crippen molar-refractivity contribution in [3.05, 3.63) is 59.9 Å². The van der Waals surface area contributed by atoms with Crippen molar-refractivity contribution >= 4 is 17.8 Å². The average Bonchev–Trinajstić information content (AvgIpc) is 2.82. The van der Waals surface area contributed by atoms with Crippen molar-refractivity contribution in [1.29, 1.82) is 0 Å². The number of hydrogen-bond donors (Lipinski definition) is 1. The molecule has 1 aromatic carbocycles. The summed E-state index contributed by atoms with van der Waals surface area (Å²) in [6.45, 7) is 1.39. The summed E-state index contributed by atoms with van der Waals surface area (Å²) in [4.78, 5) is 14.0. The number of carbonyl (C=O) groups excluding carboxylic acids is 1. The lowest BCUT2D eigenvalue weighted by molar-refractivity contribution is -0.134. The summed E-state index contributed by atoms with van der Waals surface area (Å²) in [5, 5.41) is 0. The fraction of sp³-hybridized carbons (Fsp3) is 0.0714. The molecule has 86 valence electrons. The van der Waals surface area contributed by atoms with Crippen LogP contribution >= 0.6 is 0 Å². The van der Waals surface area contributed by atoms with Crippen molar-refractivity contribution in [2.24, 2.45) is 0 Å². The van der Waals surface area contributed by atoms with Crippen LogP contribution in [0.25, 0.3) is 11.8 Å². The van der Waals surface area contributed by atoms with Gasteiger partial charge in [-0.3, -0.25) is 4.79 Å². The van der Waals surface area contributed by atoms with Crippen LogP contribution in [0.3, 0.4) is 0 Å². The first-order valence-electron chi connectivity index (χ1n) is 5.34. The second-order valence-electron chi connectivity index (χ2n) is 3.61. The Bertz CT molecular complexity index is 512. The van der Waals surface area contributed by atoms with Crippen molar-refractivity contribution in [3.8, 4) is 0 Å². The highest BCUT2D eigenvalue weighted by Crippen LogP contribution is 2.19. The van der Waals surface area contributed by atoms with Crippen LogP contribution in [-0.4, -0.2) is 11.0 Å². The van der Waals surface area contributed by atoms with Gasteiger partial charge in [-0.2, -0.15) is 0 Å². The van der Waals surface area contributed by atoms with Crippen molar-refractivity contribution in [2.45, 2.75) is 6.92 Å². The molecule has 1 aromatic heterocycles. The van der Waals surface area contributed by atoms with E-state index in [0.29, 0.717) is 5.76 Å². The van der Waals surface area contributed by atoms with Crippen LogP contribution in [0.5, 0.6) is 0 Å². The van der Waals surface area contributed by atoms with E-state index in [1.54, 1.807) is 12.4 Å². The van der Waals surface area contributed by atoms with Crippen LogP contribution in [0.4, 0.5) is 0 Å². The number of esters is 1. The van der Waals surface area contributed by atoms with Gasteiger partial charge in [0.25, 0.3) is 0 Å². The predicted octanol–water partition coefficient (Wildman–Crippen LogP) is 3.08. The van der Waals surface area contributed by atoms with E-state index in [9.17, 15) is 4.79 Å². The molecular formula is C14H13NO2. The minimum atomic E-state index is -0.326. The molecule has 0 aliphatic heterocycles. The minimum absolute atomic E-state index is 0.326. The fourth-order valence-corrected chi connectivity index (χ4v) is 1.50. The van der Waals surface area contributed by atoms with Crippen LogP contribution in [0.1, 0.15) is 18.1 Å². The molecule has 0 radical (unpaired) electrons. The summed E-state index contributed by atoms with van der Waals surface area (Å²) in [5.74, 6) is 0.221. The van der Waals surface area contributed by atoms with Gasteiger partial charge in [-0.1, -0.05) is 30.3 Å². The van der Waals surface area contributed by atoms with Crippen LogP contribution in [0.2, 0.25) is 0 Å². The molecule has 0 fully saturated rings. The third-order valence-electron chi connectivity index (χ3n) is 2.23. The van der Waals surface area contributed by atoms with Gasteiger partial charge < -0.3 is 9.72 Å². The Morgan fingerprint density at radius 2 is 2.00 bits per heavy atom. The van der Waals surface area contributed by atoms with E-state index in [-0.39, 0.29) is 5.97 Å². The Labute approximate surface area is 99.7 Å². The highest BCUT2D eigenvalue weighted by Gasteiger charge is 2.06. The molecule has 0 atom stereocenters. The number of ether oxygens (including phenoxy) is 1. The SMILES string of the molecule is CC(=O)OC(=Cc1ccccc1)c1cc[nH]c1. The third kappa shape index (κ3) is 3.08. The maximum Gasteiger partial charge on any atom is 0.308 e. The van der Waals surface area contributed by atoms with Gasteiger partial charge in [0.1, 0.15) is 5.76 Å². The van der Waals surface area contributed by atoms with Gasteiger partial charge in [0.05, 0.1) is 0 Å². The Balaban J connectivity index is 2.34. The van der Waals surface area contributed by atoms with Crippen molar-refractivity contribution in [2.75, 3.05) is 0 Å². The topological polar surface area (TPSA) is 42.1 Å². The molecule has 3 heteroatoms. The number of H-pyrrole nitrogens is 1. The van der Waals surface area contributed by atoms with Crippen LogP contribution in [0, 0.1) is 0 Å². The molecule has 0 aliphatic carbocycles. The number of nitrogens with one attached hydrogen (secondary N) is 1. The van der Waals surface area contributed by atoms with E-state index in [1.807, 2.05) is 42.5 Å². The van der Waals surface area contributed by atoms with E-state index in [2.05, 4.69) is 4.98 Å². The van der Waals surface area contributed by atoms with E-state index < -0.39 is 0 Å². The second kappa shape index (κ2) is 5.16. The Hall–Kier alpha value is -2.29. The molecule has 0 amide bonds. The maximum absolute atomic E-state index is 11.1. The molecule has 0 bridgehead atoms. The van der Waals surface area contributed by atoms with Gasteiger partial charge in [-0.15, -0.1) is 0 Å². The van der Waals surface area contributed by atoms with Gasteiger partial charge >= 0.3 is 5.97 Å². The summed E-state index contributed by atoms with van der Waals surface area (Å²) in [7, 11) is 0. The highest BCUT2D eigenvalue weighted by atomic mass is 16.5. The largest absolute Gasteiger partial charge is 0.426 e. The second-order valence-corrected chi connectivity index (χ2v) is 3.61. The number of rotatable bonds is 3. The first-order chi connectivity index (χ1) is 8.25. The van der Waals surface area contributed by atoms with Gasteiger partial charge in [0.2, 0.25) is 0 Å². The Kier molecular flexibility index (Phi) is 3.40. The van der Waals surface area contributed by atoms with Crippen molar-refractivity contribution in [1.82, 2.24) is 4.98 Å². The lowest BCUT2D eigenvalue weighted by atomic mass is 10.1. The van der Waals surface area contributed by atoms with Gasteiger partial charge in [-0.05, 0) is 17.7 Å². The van der Waals surface area contributed by atoms with E-state index >= 15 is 0 Å². The number of hydrogen-bond acceptors (Lipinski definition) is 2. The molecule has 3 nitrogen and oxygen atoms in total. The van der Waals surface area contributed by atoms with Gasteiger partial charge in [0, 0.05) is 24.9 Å². The molecule has 0 unspecified atom stereocenters. The molecule has 17 heavy (non-hydrogen) atoms. The first kappa shape index (κ1) is 11.2. The van der Waals surface area contributed by atoms with E-state index in [4.69, 9.17) is 4.74 Å². The molecule has 2 aromatic rings. The minimum Gasteiger partial charge on any atom is -0.426 e. The zero-order valence-electron chi connectivity index (χ0n) is 9.51. The van der Waals surface area contributed by atoms with Gasteiger partial charge in [0.15, 0.2) is 0 Å². The number of carbonyl (C=O) groups is 1. The normalized spacial score (nSPS) is 11.2. The summed E-state index contributed by atoms with van der Waals surface area (Å²) < 4.78 is 5.20. The third-order valence-corrected chi connectivity index (χ3v) is 2.23.